The van der Waals surface area contributed by atoms with E-state index in [4.69, 9.17) is 0 Å². The second-order valence-corrected chi connectivity index (χ2v) is 4.72. The van der Waals surface area contributed by atoms with Gasteiger partial charge in [0.05, 0.1) is 6.54 Å². The van der Waals surface area contributed by atoms with E-state index in [0.717, 1.165) is 5.01 Å². The van der Waals surface area contributed by atoms with Gasteiger partial charge in [0, 0.05) is 0 Å². The topological polar surface area (TPSA) is 72.3 Å². The first-order valence-electron chi connectivity index (χ1n) is 4.28. The summed E-state index contributed by atoms with van der Waals surface area (Å²) in [6.45, 7) is 2.40. The molecule has 1 saturated heterocycles. The first-order valence-corrected chi connectivity index (χ1v) is 5.10. The Bertz CT molecular complexity index is 344. The number of likely N-dealkylation sites (N-methyl/N-ethyl adjacent to an activating group) is 1. The number of β-amino-alcohol motifs (C(OH)–C–C–N with tert-alkyl or cyclic N) is 1. The Morgan fingerprint density at radius 2 is 2.36 bits per heavy atom. The maximum Gasteiger partial charge on any atom is 0.309 e. The van der Waals surface area contributed by atoms with Crippen LogP contribution >= 0.6 is 11.3 Å². The fourth-order valence-corrected chi connectivity index (χ4v) is 2.31. The number of hydrogen-bond donors (Lipinski definition) is 1. The Morgan fingerprint density at radius 1 is 1.64 bits per heavy atom. The molecule has 2 heterocycles. The highest BCUT2D eigenvalue weighted by molar-refractivity contribution is 7.15. The largest absolute Gasteiger partial charge is 0.623 e. The third kappa shape index (κ3) is 1.43. The minimum absolute atomic E-state index is 0.232. The molecule has 0 aromatic carbocycles. The van der Waals surface area contributed by atoms with Gasteiger partial charge >= 0.3 is 5.13 Å². The molecule has 1 N–H and O–H groups in total. The van der Waals surface area contributed by atoms with Crippen molar-refractivity contribution >= 4 is 16.5 Å². The van der Waals surface area contributed by atoms with Crippen LogP contribution in [0, 0.1) is 12.1 Å². The summed E-state index contributed by atoms with van der Waals surface area (Å²) >= 11 is 1.24. The van der Waals surface area contributed by atoms with Crippen LogP contribution in [0.25, 0.3) is 0 Å². The van der Waals surface area contributed by atoms with E-state index in [9.17, 15) is 10.3 Å². The van der Waals surface area contributed by atoms with Crippen molar-refractivity contribution in [1.82, 2.24) is 19.7 Å². The van der Waals surface area contributed by atoms with Gasteiger partial charge in [0.2, 0.25) is 6.23 Å². The molecule has 1 aromatic heterocycles. The van der Waals surface area contributed by atoms with Crippen LogP contribution in [0.1, 0.15) is 5.01 Å². The van der Waals surface area contributed by atoms with Crippen molar-refractivity contribution in [3.8, 4) is 0 Å². The van der Waals surface area contributed by atoms with Crippen LogP contribution in [-0.4, -0.2) is 46.7 Å². The van der Waals surface area contributed by atoms with E-state index < -0.39 is 10.9 Å². The molecule has 1 aliphatic heterocycles. The molecule has 0 saturated carbocycles. The number of aromatic nitrogens is 2. The van der Waals surface area contributed by atoms with E-state index in [0.29, 0.717) is 11.7 Å². The number of nitrogens with zero attached hydrogens (tertiary/aromatic N) is 4. The summed E-state index contributed by atoms with van der Waals surface area (Å²) in [5, 5.41) is 30.5. The molecule has 2 unspecified atom stereocenters. The van der Waals surface area contributed by atoms with Crippen molar-refractivity contribution in [2.45, 2.75) is 13.2 Å². The van der Waals surface area contributed by atoms with Gasteiger partial charge in [0.15, 0.2) is 0 Å². The van der Waals surface area contributed by atoms with Crippen molar-refractivity contribution in [2.75, 3.05) is 20.3 Å². The van der Waals surface area contributed by atoms with Crippen LogP contribution in [0.4, 0.5) is 5.13 Å². The molecule has 1 aliphatic rings. The standard InChI is InChI=1S/C7H12N4O2S/c1-5-8-9-7(14-5)11(13)4-10(2)3-6(11)12/h6,12H,3-4H2,1-2H3. The van der Waals surface area contributed by atoms with Gasteiger partial charge in [-0.1, -0.05) is 5.10 Å². The average molecular weight is 216 g/mol. The first-order chi connectivity index (χ1) is 6.52. The highest BCUT2D eigenvalue weighted by Gasteiger charge is 2.41. The number of aliphatic hydroxyl groups is 1. The molecule has 1 fully saturated rings. The van der Waals surface area contributed by atoms with Crippen molar-refractivity contribution in [1.29, 1.82) is 0 Å². The van der Waals surface area contributed by atoms with Crippen molar-refractivity contribution in [2.24, 2.45) is 0 Å². The fraction of sp³-hybridized carbons (Fsp3) is 0.714. The summed E-state index contributed by atoms with van der Waals surface area (Å²) in [5.41, 5.74) is 0. The van der Waals surface area contributed by atoms with Gasteiger partial charge in [0.1, 0.15) is 11.7 Å². The smallest absolute Gasteiger partial charge is 0.309 e. The molecule has 0 radical (unpaired) electrons. The van der Waals surface area contributed by atoms with Gasteiger partial charge in [-0.25, -0.2) is 0 Å². The number of hydroxylamine groups is 2. The van der Waals surface area contributed by atoms with E-state index in [1.807, 2.05) is 0 Å². The molecule has 1 aromatic rings. The Balaban J connectivity index is 2.32. The van der Waals surface area contributed by atoms with Crippen LogP contribution in [0.2, 0.25) is 0 Å². The second-order valence-electron chi connectivity index (χ2n) is 3.56. The summed E-state index contributed by atoms with van der Waals surface area (Å²) in [4.78, 5) is 1.79. The molecule has 2 atom stereocenters. The summed E-state index contributed by atoms with van der Waals surface area (Å²) in [7, 11) is 1.80. The molecule has 0 amide bonds. The Hall–Kier alpha value is -0.600. The van der Waals surface area contributed by atoms with Gasteiger partial charge in [-0.15, -0.1) is 5.10 Å². The van der Waals surface area contributed by atoms with Crippen LogP contribution in [0.3, 0.4) is 0 Å². The number of quaternary nitrogens is 1. The van der Waals surface area contributed by atoms with Gasteiger partial charge in [-0.2, -0.15) is 0 Å². The number of hydrogen-bond acceptors (Lipinski definition) is 6. The third-order valence-electron chi connectivity index (χ3n) is 2.25. The molecule has 6 nitrogen and oxygen atoms in total. The second kappa shape index (κ2) is 3.21. The minimum Gasteiger partial charge on any atom is -0.623 e. The van der Waals surface area contributed by atoms with E-state index in [1.54, 1.807) is 18.9 Å². The predicted molar refractivity (Wildman–Crippen MR) is 53.3 cm³/mol. The highest BCUT2D eigenvalue weighted by Crippen LogP contribution is 2.31. The Morgan fingerprint density at radius 3 is 2.79 bits per heavy atom. The van der Waals surface area contributed by atoms with Gasteiger partial charge in [0.25, 0.3) is 0 Å². The molecule has 14 heavy (non-hydrogen) atoms. The van der Waals surface area contributed by atoms with Crippen molar-refractivity contribution in [3.05, 3.63) is 10.2 Å². The van der Waals surface area contributed by atoms with Gasteiger partial charge < -0.3 is 10.3 Å². The highest BCUT2D eigenvalue weighted by atomic mass is 32.1. The van der Waals surface area contributed by atoms with Crippen LogP contribution in [-0.2, 0) is 0 Å². The average Bonchev–Trinajstić information content (AvgIpc) is 2.59. The predicted octanol–water partition coefficient (Wildman–Crippen LogP) is -0.127. The Kier molecular flexibility index (Phi) is 2.28. The SMILES string of the molecule is Cc1nnc([N+]2([O-])CN(C)CC2O)s1. The monoisotopic (exact) mass is 216 g/mol. The first kappa shape index (κ1) is 9.94. The number of aryl methyl sites for hydroxylation is 1. The summed E-state index contributed by atoms with van der Waals surface area (Å²) in [6.07, 6.45) is -0.952. The molecule has 0 spiro atoms. The lowest BCUT2D eigenvalue weighted by Gasteiger charge is -2.36. The van der Waals surface area contributed by atoms with Crippen molar-refractivity contribution in [3.63, 3.8) is 0 Å². The summed E-state index contributed by atoms with van der Waals surface area (Å²) in [5.74, 6) is 0. The third-order valence-corrected chi connectivity index (χ3v) is 3.20. The van der Waals surface area contributed by atoms with Gasteiger partial charge in [-0.05, 0) is 25.3 Å². The zero-order valence-electron chi connectivity index (χ0n) is 8.04. The maximum atomic E-state index is 12.2. The molecule has 2 rings (SSSR count). The maximum absolute atomic E-state index is 12.2. The molecular formula is C7H12N4O2S. The van der Waals surface area contributed by atoms with Crippen molar-refractivity contribution < 1.29 is 5.11 Å². The van der Waals surface area contributed by atoms with Gasteiger partial charge in [-0.3, -0.25) is 9.55 Å². The van der Waals surface area contributed by atoms with Crippen LogP contribution < -0.4 is 4.65 Å². The zero-order valence-corrected chi connectivity index (χ0v) is 8.86. The molecule has 78 valence electrons. The minimum atomic E-state index is -0.952. The molecule has 0 bridgehead atoms. The van der Waals surface area contributed by atoms with E-state index >= 15 is 0 Å². The van der Waals surface area contributed by atoms with E-state index in [1.165, 1.54) is 11.3 Å². The molecular weight excluding hydrogens is 204 g/mol. The zero-order chi connectivity index (χ0) is 10.3. The number of aliphatic hydroxyl groups excluding tert-OH is 1. The normalized spacial score (nSPS) is 33.9. The Labute approximate surface area is 85.6 Å². The fourth-order valence-electron chi connectivity index (χ4n) is 1.55. The lowest BCUT2D eigenvalue weighted by molar-refractivity contribution is 0.0844. The summed E-state index contributed by atoms with van der Waals surface area (Å²) < 4.78 is -0.790. The molecule has 7 heteroatoms. The van der Waals surface area contributed by atoms with E-state index in [-0.39, 0.29) is 6.67 Å². The summed E-state index contributed by atoms with van der Waals surface area (Å²) in [6, 6.07) is 0. The quantitative estimate of drug-likeness (QED) is 0.523. The van der Waals surface area contributed by atoms with Crippen LogP contribution in [0.15, 0.2) is 0 Å². The van der Waals surface area contributed by atoms with E-state index in [2.05, 4.69) is 10.2 Å². The lowest BCUT2D eigenvalue weighted by Crippen LogP contribution is -2.48. The lowest BCUT2D eigenvalue weighted by atomic mass is 10.5. The molecule has 0 aliphatic carbocycles. The van der Waals surface area contributed by atoms with Crippen LogP contribution in [0.5, 0.6) is 0 Å². The number of rotatable bonds is 1.